The zero-order chi connectivity index (χ0) is 14.2. The van der Waals surface area contributed by atoms with Gasteiger partial charge in [-0.25, -0.2) is 0 Å². The van der Waals surface area contributed by atoms with Crippen molar-refractivity contribution < 1.29 is 4.74 Å². The van der Waals surface area contributed by atoms with Gasteiger partial charge in [0.25, 0.3) is 0 Å². The Bertz CT molecular complexity index is 455. The first kappa shape index (κ1) is 14.9. The smallest absolute Gasteiger partial charge is 0.187 e. The van der Waals surface area contributed by atoms with Crippen LogP contribution >= 0.6 is 12.2 Å². The van der Waals surface area contributed by atoms with Crippen LogP contribution in [0.2, 0.25) is 0 Å². The molecule has 2 rings (SSSR count). The number of hydrogen-bond donors (Lipinski definition) is 2. The van der Waals surface area contributed by atoms with E-state index in [4.69, 9.17) is 17.0 Å². The Hall–Kier alpha value is -1.46. The number of rotatable bonds is 5. The maximum Gasteiger partial charge on any atom is 0.187 e. The van der Waals surface area contributed by atoms with Gasteiger partial charge in [0.05, 0.1) is 11.8 Å². The lowest BCUT2D eigenvalue weighted by Crippen LogP contribution is -2.37. The summed E-state index contributed by atoms with van der Waals surface area (Å²) in [6, 6.07) is 10.1. The Morgan fingerprint density at radius 1 is 1.40 bits per heavy atom. The fourth-order valence-corrected chi connectivity index (χ4v) is 2.28. The minimum atomic E-state index is 0.276. The topological polar surface area (TPSA) is 45.7 Å². The largest absolute Gasteiger partial charge is 0.376 e. The van der Waals surface area contributed by atoms with E-state index in [0.717, 1.165) is 43.7 Å². The molecule has 0 spiro atoms. The van der Waals surface area contributed by atoms with Crippen LogP contribution in [0.1, 0.15) is 31.7 Å². The Morgan fingerprint density at radius 2 is 2.20 bits per heavy atom. The van der Waals surface area contributed by atoms with Crippen molar-refractivity contribution in [3.63, 3.8) is 0 Å². The highest BCUT2D eigenvalue weighted by Gasteiger charge is 2.15. The van der Waals surface area contributed by atoms with Crippen molar-refractivity contribution in [1.82, 2.24) is 10.7 Å². The van der Waals surface area contributed by atoms with Gasteiger partial charge in [-0.2, -0.15) is 5.10 Å². The number of benzene rings is 1. The van der Waals surface area contributed by atoms with Crippen molar-refractivity contribution >= 4 is 23.0 Å². The number of nitrogens with zero attached hydrogens (tertiary/aromatic N) is 1. The van der Waals surface area contributed by atoms with Crippen LogP contribution in [0, 0.1) is 0 Å². The summed E-state index contributed by atoms with van der Waals surface area (Å²) in [6.07, 6.45) is 3.37. The van der Waals surface area contributed by atoms with E-state index in [1.54, 1.807) is 0 Å². The molecule has 20 heavy (non-hydrogen) atoms. The zero-order valence-electron chi connectivity index (χ0n) is 11.8. The van der Waals surface area contributed by atoms with Crippen molar-refractivity contribution in [2.45, 2.75) is 32.3 Å². The lowest BCUT2D eigenvalue weighted by Gasteiger charge is -2.12. The number of hydrogen-bond acceptors (Lipinski definition) is 3. The van der Waals surface area contributed by atoms with Gasteiger partial charge in [-0.1, -0.05) is 37.3 Å². The summed E-state index contributed by atoms with van der Waals surface area (Å²) in [5.41, 5.74) is 5.02. The van der Waals surface area contributed by atoms with Crippen LogP contribution in [0.3, 0.4) is 0 Å². The fraction of sp³-hybridized carbons (Fsp3) is 0.467. The van der Waals surface area contributed by atoms with Crippen LogP contribution in [-0.4, -0.2) is 30.1 Å². The summed E-state index contributed by atoms with van der Waals surface area (Å²) in [5, 5.41) is 8.07. The van der Waals surface area contributed by atoms with Crippen LogP contribution in [0.25, 0.3) is 0 Å². The molecule has 1 aliphatic heterocycles. The lowest BCUT2D eigenvalue weighted by molar-refractivity contribution is 0.114. The molecule has 0 unspecified atom stereocenters. The van der Waals surface area contributed by atoms with E-state index < -0.39 is 0 Å². The predicted molar refractivity (Wildman–Crippen MR) is 86.0 cm³/mol. The van der Waals surface area contributed by atoms with Gasteiger partial charge in [0, 0.05) is 13.2 Å². The number of hydrazone groups is 1. The van der Waals surface area contributed by atoms with Crippen molar-refractivity contribution in [3.8, 4) is 0 Å². The molecule has 5 heteroatoms. The first-order chi connectivity index (χ1) is 9.79. The van der Waals surface area contributed by atoms with Gasteiger partial charge in [0.1, 0.15) is 0 Å². The van der Waals surface area contributed by atoms with Crippen molar-refractivity contribution in [3.05, 3.63) is 35.9 Å². The van der Waals surface area contributed by atoms with E-state index in [0.29, 0.717) is 5.11 Å². The van der Waals surface area contributed by atoms with Gasteiger partial charge in [-0.3, -0.25) is 5.43 Å². The Kier molecular flexibility index (Phi) is 5.95. The Labute approximate surface area is 125 Å². The number of ether oxygens (including phenoxy) is 1. The molecule has 0 radical (unpaired) electrons. The quantitative estimate of drug-likeness (QED) is 0.497. The van der Waals surface area contributed by atoms with E-state index in [-0.39, 0.29) is 6.10 Å². The van der Waals surface area contributed by atoms with Crippen LogP contribution in [0.4, 0.5) is 0 Å². The molecule has 0 saturated carbocycles. The van der Waals surface area contributed by atoms with Gasteiger partial charge >= 0.3 is 0 Å². The lowest BCUT2D eigenvalue weighted by atomic mass is 10.1. The van der Waals surface area contributed by atoms with Gasteiger partial charge in [0.2, 0.25) is 0 Å². The van der Waals surface area contributed by atoms with Gasteiger partial charge in [0.15, 0.2) is 5.11 Å². The van der Waals surface area contributed by atoms with E-state index in [1.165, 1.54) is 0 Å². The van der Waals surface area contributed by atoms with Crippen LogP contribution < -0.4 is 10.7 Å². The molecule has 1 atom stereocenters. The number of nitrogens with one attached hydrogen (secondary N) is 2. The molecule has 0 bridgehead atoms. The maximum atomic E-state index is 5.53. The molecule has 0 amide bonds. The van der Waals surface area contributed by atoms with Crippen molar-refractivity contribution in [2.24, 2.45) is 5.10 Å². The number of thiocarbonyl (C=S) groups is 1. The molecule has 108 valence electrons. The first-order valence-corrected chi connectivity index (χ1v) is 7.48. The van der Waals surface area contributed by atoms with Gasteiger partial charge in [-0.15, -0.1) is 0 Å². The molecule has 1 saturated heterocycles. The van der Waals surface area contributed by atoms with Crippen molar-refractivity contribution in [2.75, 3.05) is 13.2 Å². The molecule has 1 fully saturated rings. The van der Waals surface area contributed by atoms with E-state index >= 15 is 0 Å². The van der Waals surface area contributed by atoms with Crippen LogP contribution in [0.15, 0.2) is 35.4 Å². The van der Waals surface area contributed by atoms with E-state index in [2.05, 4.69) is 22.8 Å². The zero-order valence-corrected chi connectivity index (χ0v) is 12.6. The molecular weight excluding hydrogens is 270 g/mol. The predicted octanol–water partition coefficient (Wildman–Crippen LogP) is 2.44. The Balaban J connectivity index is 1.81. The highest BCUT2D eigenvalue weighted by molar-refractivity contribution is 7.80. The molecule has 1 aromatic rings. The molecule has 0 aromatic heterocycles. The summed E-state index contributed by atoms with van der Waals surface area (Å²) in [5.74, 6) is 0. The highest BCUT2D eigenvalue weighted by Crippen LogP contribution is 2.10. The maximum absolute atomic E-state index is 5.53. The molecule has 4 nitrogen and oxygen atoms in total. The second-order valence-electron chi connectivity index (χ2n) is 4.73. The summed E-state index contributed by atoms with van der Waals surface area (Å²) in [4.78, 5) is 0. The average Bonchev–Trinajstić information content (AvgIpc) is 3.00. The molecule has 0 aliphatic carbocycles. The monoisotopic (exact) mass is 291 g/mol. The molecule has 1 heterocycles. The molecular formula is C15H21N3OS. The first-order valence-electron chi connectivity index (χ1n) is 7.07. The summed E-state index contributed by atoms with van der Waals surface area (Å²) >= 11 is 5.22. The summed E-state index contributed by atoms with van der Waals surface area (Å²) in [6.45, 7) is 3.68. The van der Waals surface area contributed by atoms with E-state index in [1.807, 2.05) is 30.3 Å². The minimum Gasteiger partial charge on any atom is -0.376 e. The average molecular weight is 291 g/mol. The third kappa shape index (κ3) is 4.58. The van der Waals surface area contributed by atoms with E-state index in [9.17, 15) is 0 Å². The highest BCUT2D eigenvalue weighted by atomic mass is 32.1. The standard InChI is InChI=1S/C15H21N3OS/c1-2-14(12-7-4-3-5-8-12)17-18-15(20)16-11-13-9-6-10-19-13/h3-5,7-8,13H,2,6,9-11H2,1H3,(H2,16,18,20)/b17-14-/t13-/m0/s1. The normalized spacial score (nSPS) is 18.9. The minimum absolute atomic E-state index is 0.276. The summed E-state index contributed by atoms with van der Waals surface area (Å²) < 4.78 is 5.53. The SMILES string of the molecule is CC/C(=N/NC(=S)NC[C@@H]1CCCO1)c1ccccc1. The summed E-state index contributed by atoms with van der Waals surface area (Å²) in [7, 11) is 0. The van der Waals surface area contributed by atoms with Crippen LogP contribution in [0.5, 0.6) is 0 Å². The van der Waals surface area contributed by atoms with Crippen LogP contribution in [-0.2, 0) is 4.74 Å². The molecule has 2 N–H and O–H groups in total. The molecule has 1 aliphatic rings. The second-order valence-corrected chi connectivity index (χ2v) is 5.14. The third-order valence-corrected chi connectivity index (χ3v) is 3.48. The Morgan fingerprint density at radius 3 is 2.85 bits per heavy atom. The fourth-order valence-electron chi connectivity index (χ4n) is 2.15. The van der Waals surface area contributed by atoms with Gasteiger partial charge < -0.3 is 10.1 Å². The van der Waals surface area contributed by atoms with Crippen molar-refractivity contribution in [1.29, 1.82) is 0 Å². The molecule has 1 aromatic carbocycles. The third-order valence-electron chi connectivity index (χ3n) is 3.25. The second kappa shape index (κ2) is 7.97. The van der Waals surface area contributed by atoms with Gasteiger partial charge in [-0.05, 0) is 37.0 Å².